The molecule has 0 aliphatic rings. The van der Waals surface area contributed by atoms with Crippen molar-refractivity contribution >= 4 is 11.7 Å². The van der Waals surface area contributed by atoms with Crippen LogP contribution in [0.5, 0.6) is 0 Å². The number of carboxylic acid groups (broad SMARTS) is 1. The molecule has 0 atom stereocenters. The van der Waals surface area contributed by atoms with E-state index in [1.165, 1.54) is 12.5 Å². The van der Waals surface area contributed by atoms with Gasteiger partial charge in [0.2, 0.25) is 0 Å². The third-order valence-corrected chi connectivity index (χ3v) is 2.13. The molecule has 4 nitrogen and oxygen atoms in total. The van der Waals surface area contributed by atoms with Gasteiger partial charge in [-0.2, -0.15) is 5.10 Å². The number of carboxylic acids is 1. The second kappa shape index (κ2) is 7.22. The highest BCUT2D eigenvalue weighted by molar-refractivity contribution is 6.34. The Labute approximate surface area is 101 Å². The Morgan fingerprint density at radius 1 is 1.35 bits per heavy atom. The highest BCUT2D eigenvalue weighted by Gasteiger charge is 1.98. The molecule has 0 saturated heterocycles. The summed E-state index contributed by atoms with van der Waals surface area (Å²) in [5, 5.41) is 12.2. The molecule has 0 amide bonds. The van der Waals surface area contributed by atoms with Crippen LogP contribution in [-0.2, 0) is 11.2 Å². The number of nitrogens with zero attached hydrogens (tertiary/aromatic N) is 1. The second-order valence-corrected chi connectivity index (χ2v) is 3.53. The molecular formula is C13H16N2O2. The van der Waals surface area contributed by atoms with Gasteiger partial charge in [-0.3, -0.25) is 0 Å². The van der Waals surface area contributed by atoms with Crippen molar-refractivity contribution in [3.8, 4) is 0 Å². The molecule has 0 saturated carbocycles. The topological polar surface area (TPSA) is 61.7 Å². The minimum Gasteiger partial charge on any atom is -0.477 e. The maximum atomic E-state index is 10.4. The second-order valence-electron chi connectivity index (χ2n) is 3.53. The van der Waals surface area contributed by atoms with Crippen molar-refractivity contribution in [3.63, 3.8) is 0 Å². The molecule has 2 N–H and O–H groups in total. The molecule has 1 aromatic carbocycles. The van der Waals surface area contributed by atoms with Crippen molar-refractivity contribution in [2.75, 3.05) is 6.54 Å². The minimum absolute atomic E-state index is 0.0569. The summed E-state index contributed by atoms with van der Waals surface area (Å²) < 4.78 is 0. The summed E-state index contributed by atoms with van der Waals surface area (Å²) in [5.74, 6) is -1.01. The quantitative estimate of drug-likeness (QED) is 0.340. The van der Waals surface area contributed by atoms with E-state index in [0.717, 1.165) is 6.42 Å². The maximum absolute atomic E-state index is 10.4. The SMILES string of the molecule is CC(=NNCC=CCc1ccccc1)C(=O)O. The zero-order chi connectivity index (χ0) is 12.5. The highest BCUT2D eigenvalue weighted by atomic mass is 16.4. The molecule has 0 fully saturated rings. The van der Waals surface area contributed by atoms with Crippen LogP contribution in [0.15, 0.2) is 47.6 Å². The van der Waals surface area contributed by atoms with E-state index < -0.39 is 5.97 Å². The summed E-state index contributed by atoms with van der Waals surface area (Å²) in [4.78, 5) is 10.4. The predicted octanol–water partition coefficient (Wildman–Crippen LogP) is 1.84. The number of rotatable bonds is 6. The molecule has 0 aliphatic heterocycles. The van der Waals surface area contributed by atoms with Gasteiger partial charge in [0, 0.05) is 0 Å². The van der Waals surface area contributed by atoms with E-state index in [0.29, 0.717) is 6.54 Å². The summed E-state index contributed by atoms with van der Waals surface area (Å²) in [6, 6.07) is 10.1. The van der Waals surface area contributed by atoms with E-state index >= 15 is 0 Å². The van der Waals surface area contributed by atoms with Crippen LogP contribution in [0, 0.1) is 0 Å². The van der Waals surface area contributed by atoms with E-state index in [9.17, 15) is 4.79 Å². The van der Waals surface area contributed by atoms with Gasteiger partial charge in [-0.05, 0) is 18.9 Å². The molecule has 1 rings (SSSR count). The van der Waals surface area contributed by atoms with Crippen molar-refractivity contribution < 1.29 is 9.90 Å². The molecular weight excluding hydrogens is 216 g/mol. The van der Waals surface area contributed by atoms with Gasteiger partial charge in [-0.15, -0.1) is 0 Å². The first-order chi connectivity index (χ1) is 8.20. The van der Waals surface area contributed by atoms with Gasteiger partial charge >= 0.3 is 5.97 Å². The van der Waals surface area contributed by atoms with Gasteiger partial charge < -0.3 is 10.5 Å². The van der Waals surface area contributed by atoms with Crippen molar-refractivity contribution in [2.24, 2.45) is 5.10 Å². The van der Waals surface area contributed by atoms with Gasteiger partial charge in [0.05, 0.1) is 6.54 Å². The van der Waals surface area contributed by atoms with Crippen LogP contribution in [0.1, 0.15) is 12.5 Å². The summed E-state index contributed by atoms with van der Waals surface area (Å²) in [5.41, 5.74) is 3.97. The van der Waals surface area contributed by atoms with E-state index in [4.69, 9.17) is 5.11 Å². The lowest BCUT2D eigenvalue weighted by atomic mass is 10.1. The molecule has 17 heavy (non-hydrogen) atoms. The van der Waals surface area contributed by atoms with Gasteiger partial charge in [0.1, 0.15) is 5.71 Å². The van der Waals surface area contributed by atoms with Crippen molar-refractivity contribution in [3.05, 3.63) is 48.0 Å². The van der Waals surface area contributed by atoms with E-state index in [1.54, 1.807) is 0 Å². The summed E-state index contributed by atoms with van der Waals surface area (Å²) in [6.07, 6.45) is 4.81. The Balaban J connectivity index is 2.24. The van der Waals surface area contributed by atoms with E-state index in [1.807, 2.05) is 30.4 Å². The van der Waals surface area contributed by atoms with Crippen LogP contribution in [-0.4, -0.2) is 23.3 Å². The standard InChI is InChI=1S/C13H16N2O2/c1-11(13(16)17)15-14-10-6-5-9-12-7-3-2-4-8-12/h2-8,14H,9-10H2,1H3,(H,16,17). The zero-order valence-corrected chi connectivity index (χ0v) is 9.76. The third kappa shape index (κ3) is 5.51. The van der Waals surface area contributed by atoms with Crippen molar-refractivity contribution in [1.29, 1.82) is 0 Å². The van der Waals surface area contributed by atoms with Gasteiger partial charge in [-0.25, -0.2) is 4.79 Å². The molecule has 90 valence electrons. The monoisotopic (exact) mass is 232 g/mol. The lowest BCUT2D eigenvalue weighted by Crippen LogP contribution is -2.15. The average Bonchev–Trinajstić information content (AvgIpc) is 2.34. The molecule has 0 aromatic heterocycles. The molecule has 0 unspecified atom stereocenters. The first kappa shape index (κ1) is 13.0. The first-order valence-corrected chi connectivity index (χ1v) is 5.39. The van der Waals surface area contributed by atoms with E-state index in [-0.39, 0.29) is 5.71 Å². The Morgan fingerprint density at radius 3 is 2.71 bits per heavy atom. The number of hydrazone groups is 1. The van der Waals surface area contributed by atoms with Crippen LogP contribution >= 0.6 is 0 Å². The largest absolute Gasteiger partial charge is 0.477 e. The zero-order valence-electron chi connectivity index (χ0n) is 9.76. The Hall–Kier alpha value is -2.10. The van der Waals surface area contributed by atoms with Gasteiger partial charge in [0.15, 0.2) is 0 Å². The predicted molar refractivity (Wildman–Crippen MR) is 68.0 cm³/mol. The molecule has 0 aliphatic carbocycles. The molecule has 0 spiro atoms. The summed E-state index contributed by atoms with van der Waals surface area (Å²) in [7, 11) is 0. The third-order valence-electron chi connectivity index (χ3n) is 2.13. The lowest BCUT2D eigenvalue weighted by Gasteiger charge is -1.96. The molecule has 0 bridgehead atoms. The van der Waals surface area contributed by atoms with Crippen LogP contribution in [0.2, 0.25) is 0 Å². The smallest absolute Gasteiger partial charge is 0.351 e. The molecule has 4 heteroatoms. The number of hydrogen-bond acceptors (Lipinski definition) is 3. The lowest BCUT2D eigenvalue weighted by molar-refractivity contribution is -0.129. The molecule has 0 heterocycles. The van der Waals surface area contributed by atoms with Crippen LogP contribution in [0.4, 0.5) is 0 Å². The van der Waals surface area contributed by atoms with Gasteiger partial charge in [-0.1, -0.05) is 42.5 Å². The number of allylic oxidation sites excluding steroid dienone is 1. The minimum atomic E-state index is -1.01. The van der Waals surface area contributed by atoms with Crippen molar-refractivity contribution in [2.45, 2.75) is 13.3 Å². The Kier molecular flexibility index (Phi) is 5.51. The average molecular weight is 232 g/mol. The van der Waals surface area contributed by atoms with Crippen LogP contribution < -0.4 is 5.43 Å². The maximum Gasteiger partial charge on any atom is 0.351 e. The number of carbonyl (C=O) groups is 1. The fraction of sp³-hybridized carbons (Fsp3) is 0.231. The van der Waals surface area contributed by atoms with E-state index in [2.05, 4.69) is 22.7 Å². The van der Waals surface area contributed by atoms with Crippen LogP contribution in [0.25, 0.3) is 0 Å². The summed E-state index contributed by atoms with van der Waals surface area (Å²) in [6.45, 7) is 1.97. The number of benzene rings is 1. The molecule has 1 aromatic rings. The fourth-order valence-corrected chi connectivity index (χ4v) is 1.18. The molecule has 0 radical (unpaired) electrons. The number of nitrogens with one attached hydrogen (secondary N) is 1. The fourth-order valence-electron chi connectivity index (χ4n) is 1.18. The normalized spacial score (nSPS) is 11.7. The number of aliphatic carboxylic acids is 1. The number of hydrogen-bond donors (Lipinski definition) is 2. The Bertz CT molecular complexity index is 411. The highest BCUT2D eigenvalue weighted by Crippen LogP contribution is 1.99. The van der Waals surface area contributed by atoms with Crippen molar-refractivity contribution in [1.82, 2.24) is 5.43 Å². The summed E-state index contributed by atoms with van der Waals surface area (Å²) >= 11 is 0. The first-order valence-electron chi connectivity index (χ1n) is 5.39. The Morgan fingerprint density at radius 2 is 2.06 bits per heavy atom. The van der Waals surface area contributed by atoms with Gasteiger partial charge in [0.25, 0.3) is 0 Å². The van der Waals surface area contributed by atoms with Crippen LogP contribution in [0.3, 0.4) is 0 Å².